The molecular weight excluding hydrogens is 406 g/mol. The molecule has 0 N–H and O–H groups in total. The lowest BCUT2D eigenvalue weighted by Gasteiger charge is -2.45. The van der Waals surface area contributed by atoms with E-state index in [4.69, 9.17) is 14.2 Å². The Morgan fingerprint density at radius 2 is 1.83 bits per heavy atom. The number of ether oxygens (including phenoxy) is 3. The summed E-state index contributed by atoms with van der Waals surface area (Å²) < 4.78 is 47.9. The molecule has 1 saturated heterocycles. The van der Waals surface area contributed by atoms with Crippen LogP contribution in [0.5, 0.6) is 0 Å². The largest absolute Gasteiger partial charge is 0.458 e. The first-order valence-electron chi connectivity index (χ1n) is 9.95. The number of benzene rings is 1. The van der Waals surface area contributed by atoms with Crippen LogP contribution in [0.1, 0.15) is 25.8 Å². The Hall–Kier alpha value is -2.29. The van der Waals surface area contributed by atoms with E-state index in [9.17, 15) is 13.2 Å². The van der Waals surface area contributed by atoms with Crippen LogP contribution in [0.3, 0.4) is 0 Å². The second-order valence-corrected chi connectivity index (χ2v) is 9.48. The molecule has 7 nitrogen and oxygen atoms in total. The van der Waals surface area contributed by atoms with Gasteiger partial charge < -0.3 is 14.2 Å². The monoisotopic (exact) mass is 431 g/mol. The van der Waals surface area contributed by atoms with Gasteiger partial charge >= 0.3 is 5.97 Å². The topological polar surface area (TPSA) is 91.3 Å². The minimum absolute atomic E-state index is 0.119. The van der Waals surface area contributed by atoms with Crippen molar-refractivity contribution < 1.29 is 27.4 Å². The van der Waals surface area contributed by atoms with Crippen LogP contribution >= 0.6 is 0 Å². The highest BCUT2D eigenvalue weighted by molar-refractivity contribution is 7.90. The van der Waals surface area contributed by atoms with Gasteiger partial charge in [0.15, 0.2) is 5.79 Å². The van der Waals surface area contributed by atoms with Crippen molar-refractivity contribution in [1.29, 1.82) is 0 Å². The molecule has 0 saturated carbocycles. The molecule has 1 heterocycles. The van der Waals surface area contributed by atoms with Gasteiger partial charge in [0, 0.05) is 12.8 Å². The Morgan fingerprint density at radius 1 is 1.17 bits per heavy atom. The normalized spacial score (nSPS) is 29.0. The Labute approximate surface area is 176 Å². The number of carbonyl (C=O) groups is 1. The van der Waals surface area contributed by atoms with Crippen LogP contribution in [-0.4, -0.2) is 45.2 Å². The van der Waals surface area contributed by atoms with E-state index in [-0.39, 0.29) is 10.8 Å². The second-order valence-electron chi connectivity index (χ2n) is 7.88. The number of rotatable bonds is 3. The third-order valence-corrected chi connectivity index (χ3v) is 7.04. The van der Waals surface area contributed by atoms with E-state index in [0.29, 0.717) is 30.9 Å². The highest BCUT2D eigenvalue weighted by atomic mass is 32.2. The molecule has 2 aliphatic carbocycles. The fraction of sp³-hybridized carbons (Fsp3) is 0.455. The van der Waals surface area contributed by atoms with E-state index >= 15 is 0 Å². The zero-order valence-electron chi connectivity index (χ0n) is 17.2. The van der Waals surface area contributed by atoms with E-state index in [1.807, 2.05) is 19.1 Å². The number of esters is 1. The first-order chi connectivity index (χ1) is 14.2. The van der Waals surface area contributed by atoms with Crippen LogP contribution in [0, 0.1) is 18.8 Å². The van der Waals surface area contributed by atoms with Crippen molar-refractivity contribution in [1.82, 2.24) is 0 Å². The molecule has 0 bridgehead atoms. The molecule has 8 heteroatoms. The van der Waals surface area contributed by atoms with E-state index < -0.39 is 33.8 Å². The molecule has 1 aliphatic heterocycles. The van der Waals surface area contributed by atoms with Gasteiger partial charge in [-0.05, 0) is 50.1 Å². The van der Waals surface area contributed by atoms with Crippen molar-refractivity contribution in [2.24, 2.45) is 16.2 Å². The van der Waals surface area contributed by atoms with E-state index in [2.05, 4.69) is 4.40 Å². The van der Waals surface area contributed by atoms with Crippen LogP contribution in [0.2, 0.25) is 0 Å². The van der Waals surface area contributed by atoms with Gasteiger partial charge in [0.05, 0.1) is 29.7 Å². The Morgan fingerprint density at radius 3 is 2.47 bits per heavy atom. The van der Waals surface area contributed by atoms with Gasteiger partial charge in [-0.25, -0.2) is 0 Å². The fourth-order valence-corrected chi connectivity index (χ4v) is 5.54. The summed E-state index contributed by atoms with van der Waals surface area (Å²) in [4.78, 5) is 11.9. The minimum Gasteiger partial charge on any atom is -0.458 e. The molecule has 0 aromatic heterocycles. The third-order valence-electron chi connectivity index (χ3n) is 5.74. The minimum atomic E-state index is -3.95. The predicted octanol–water partition coefficient (Wildman–Crippen LogP) is 2.95. The van der Waals surface area contributed by atoms with Crippen molar-refractivity contribution in [3.8, 4) is 0 Å². The lowest BCUT2D eigenvalue weighted by molar-refractivity contribution is -0.179. The summed E-state index contributed by atoms with van der Waals surface area (Å²) in [6, 6.07) is 6.56. The quantitative estimate of drug-likeness (QED) is 0.540. The molecule has 3 aliphatic rings. The van der Waals surface area contributed by atoms with Crippen molar-refractivity contribution in [2.45, 2.75) is 44.0 Å². The summed E-state index contributed by atoms with van der Waals surface area (Å²) in [5, 5.41) is 0. The highest BCUT2D eigenvalue weighted by Gasteiger charge is 2.54. The second kappa shape index (κ2) is 7.76. The van der Waals surface area contributed by atoms with Crippen LogP contribution in [0.25, 0.3) is 0 Å². The molecule has 160 valence electrons. The smallest absolute Gasteiger partial charge is 0.303 e. The zero-order valence-corrected chi connectivity index (χ0v) is 18.0. The number of allylic oxidation sites excluding steroid dienone is 2. The lowest BCUT2D eigenvalue weighted by Crippen LogP contribution is -2.53. The molecule has 0 amide bonds. The van der Waals surface area contributed by atoms with Gasteiger partial charge in [0.25, 0.3) is 10.0 Å². The number of hydrogen-bond donors (Lipinski definition) is 0. The number of aryl methyl sites for hydroxylation is 1. The molecule has 30 heavy (non-hydrogen) atoms. The number of fused-ring (bicyclic) bond motifs is 2. The fourth-order valence-electron chi connectivity index (χ4n) is 4.43. The summed E-state index contributed by atoms with van der Waals surface area (Å²) >= 11 is 0. The van der Waals surface area contributed by atoms with Crippen molar-refractivity contribution in [3.63, 3.8) is 0 Å². The standard InChI is InChI=1S/C22H25NO6S/c1-14-7-9-17(10-8-14)30(25,26)23-21-15(2)13-22(27-11-12-28-22)18-5-4-6-19(20(18)21)29-16(3)24/h4,6-10,13,18-20H,5,11-12H2,1-3H3/b23-21+. The maximum absolute atomic E-state index is 13.1. The van der Waals surface area contributed by atoms with Gasteiger partial charge in [0.1, 0.15) is 6.10 Å². The summed E-state index contributed by atoms with van der Waals surface area (Å²) in [5.41, 5.74) is 1.97. The molecule has 4 rings (SSSR count). The summed E-state index contributed by atoms with van der Waals surface area (Å²) in [5.74, 6) is -2.17. The van der Waals surface area contributed by atoms with Gasteiger partial charge in [-0.15, -0.1) is 0 Å². The maximum Gasteiger partial charge on any atom is 0.303 e. The summed E-state index contributed by atoms with van der Waals surface area (Å²) in [6.07, 6.45) is 5.46. The molecule has 3 unspecified atom stereocenters. The van der Waals surface area contributed by atoms with Gasteiger partial charge in [-0.2, -0.15) is 12.8 Å². The Kier molecular flexibility index (Phi) is 5.42. The van der Waals surface area contributed by atoms with Gasteiger partial charge in [-0.3, -0.25) is 4.79 Å². The highest BCUT2D eigenvalue weighted by Crippen LogP contribution is 2.47. The number of sulfonamides is 1. The van der Waals surface area contributed by atoms with Crippen molar-refractivity contribution in [2.75, 3.05) is 13.2 Å². The Balaban J connectivity index is 1.84. The molecule has 1 aromatic rings. The molecule has 1 fully saturated rings. The maximum atomic E-state index is 13.1. The third kappa shape index (κ3) is 3.75. The molecule has 1 aromatic carbocycles. The predicted molar refractivity (Wildman–Crippen MR) is 110 cm³/mol. The molecule has 3 atom stereocenters. The lowest BCUT2D eigenvalue weighted by atomic mass is 9.68. The SMILES string of the molecule is CC(=O)OC1C=CCC2C1/C(=N/S(=O)(=O)c1ccc(C)cc1)C(C)=CC21OCCO1. The molecule has 0 radical (unpaired) electrons. The van der Waals surface area contributed by atoms with Crippen molar-refractivity contribution >= 4 is 21.7 Å². The van der Waals surface area contributed by atoms with Crippen LogP contribution in [-0.2, 0) is 29.0 Å². The number of hydrogen-bond acceptors (Lipinski definition) is 6. The Bertz CT molecular complexity index is 1030. The van der Waals surface area contributed by atoms with Crippen LogP contribution in [0.15, 0.2) is 57.4 Å². The van der Waals surface area contributed by atoms with Crippen molar-refractivity contribution in [3.05, 3.63) is 53.6 Å². The summed E-state index contributed by atoms with van der Waals surface area (Å²) in [7, 11) is -3.95. The average Bonchev–Trinajstić information content (AvgIpc) is 3.14. The van der Waals surface area contributed by atoms with E-state index in [1.165, 1.54) is 6.92 Å². The molecule has 1 spiro atoms. The van der Waals surface area contributed by atoms with Crippen LogP contribution < -0.4 is 0 Å². The summed E-state index contributed by atoms with van der Waals surface area (Å²) in [6.45, 7) is 5.91. The first kappa shape index (κ1) is 21.0. The molecular formula is C22H25NO6S. The zero-order chi connectivity index (χ0) is 21.5. The first-order valence-corrected chi connectivity index (χ1v) is 11.4. The van der Waals surface area contributed by atoms with Gasteiger partial charge in [0.2, 0.25) is 0 Å². The number of carbonyl (C=O) groups excluding carboxylic acids is 1. The average molecular weight is 432 g/mol. The van der Waals surface area contributed by atoms with E-state index in [1.54, 1.807) is 37.3 Å². The number of nitrogens with zero attached hydrogens (tertiary/aromatic N) is 1. The van der Waals surface area contributed by atoms with Crippen LogP contribution in [0.4, 0.5) is 0 Å². The van der Waals surface area contributed by atoms with Gasteiger partial charge in [-0.1, -0.05) is 23.8 Å². The van der Waals surface area contributed by atoms with E-state index in [0.717, 1.165) is 5.56 Å².